The number of aliphatic imine (C=N–C) groups is 1. The molecule has 2 N–H and O–H groups in total. The van der Waals surface area contributed by atoms with Crippen LogP contribution in [0.2, 0.25) is 0 Å². The fourth-order valence-electron chi connectivity index (χ4n) is 3.03. The van der Waals surface area contributed by atoms with Gasteiger partial charge < -0.3 is 29.3 Å². The number of anilines is 1. The number of rotatable bonds is 9. The highest BCUT2D eigenvalue weighted by molar-refractivity contribution is 14.0. The van der Waals surface area contributed by atoms with E-state index >= 15 is 0 Å². The molecule has 172 valence electrons. The Morgan fingerprint density at radius 2 is 2.00 bits per heavy atom. The van der Waals surface area contributed by atoms with Crippen LogP contribution in [0, 0.1) is 0 Å². The average molecular weight is 569 g/mol. The van der Waals surface area contributed by atoms with E-state index in [0.29, 0.717) is 38.9 Å². The molecule has 3 heterocycles. The lowest BCUT2D eigenvalue weighted by Gasteiger charge is -2.14. The number of fused-ring (bicyclic) bond motifs is 1. The van der Waals surface area contributed by atoms with E-state index in [1.807, 2.05) is 36.4 Å². The van der Waals surface area contributed by atoms with Gasteiger partial charge in [0.1, 0.15) is 12.4 Å². The van der Waals surface area contributed by atoms with Gasteiger partial charge in [0.05, 0.1) is 26.0 Å². The molecule has 0 atom stereocenters. The first-order valence-corrected chi connectivity index (χ1v) is 11.3. The van der Waals surface area contributed by atoms with E-state index in [-0.39, 0.29) is 24.0 Å². The first kappa shape index (κ1) is 24.4. The molecule has 2 aromatic heterocycles. The van der Waals surface area contributed by atoms with Crippen LogP contribution in [-0.4, -0.2) is 32.3 Å². The normalized spacial score (nSPS) is 13.2. The lowest BCUT2D eigenvalue weighted by atomic mass is 10.2. The molecule has 0 radical (unpaired) electrons. The maximum Gasteiger partial charge on any atom is 0.196 e. The second-order valence-electron chi connectivity index (χ2n) is 6.99. The third kappa shape index (κ3) is 7.72. The smallest absolute Gasteiger partial charge is 0.196 e. The summed E-state index contributed by atoms with van der Waals surface area (Å²) < 4.78 is 22.4. The zero-order valence-corrected chi connectivity index (χ0v) is 20.9. The number of furan rings is 1. The van der Waals surface area contributed by atoms with Gasteiger partial charge in [-0.05, 0) is 42.1 Å². The molecule has 0 spiro atoms. The zero-order valence-electron chi connectivity index (χ0n) is 17.7. The first-order chi connectivity index (χ1) is 15.4. The number of hydrogen-bond acceptors (Lipinski definition) is 6. The molecule has 0 fully saturated rings. The van der Waals surface area contributed by atoms with Gasteiger partial charge in [-0.3, -0.25) is 0 Å². The van der Waals surface area contributed by atoms with Crippen LogP contribution in [-0.2, 0) is 17.9 Å². The van der Waals surface area contributed by atoms with Crippen molar-refractivity contribution in [3.63, 3.8) is 0 Å². The summed E-state index contributed by atoms with van der Waals surface area (Å²) in [7, 11) is 0. The third-order valence-electron chi connectivity index (χ3n) is 4.57. The Labute approximate surface area is 209 Å². The van der Waals surface area contributed by atoms with Gasteiger partial charge in [0.25, 0.3) is 0 Å². The van der Waals surface area contributed by atoms with Crippen LogP contribution >= 0.6 is 35.3 Å². The number of thiophene rings is 1. The average Bonchev–Trinajstić information content (AvgIpc) is 3.45. The van der Waals surface area contributed by atoms with Crippen molar-refractivity contribution in [2.24, 2.45) is 4.99 Å². The van der Waals surface area contributed by atoms with E-state index in [0.717, 1.165) is 42.3 Å². The van der Waals surface area contributed by atoms with Gasteiger partial charge in [0, 0.05) is 36.2 Å². The Bertz CT molecular complexity index is 948. The maximum absolute atomic E-state index is 5.80. The van der Waals surface area contributed by atoms with Gasteiger partial charge in [-0.25, -0.2) is 4.99 Å². The molecule has 0 unspecified atom stereocenters. The molecule has 1 aliphatic rings. The van der Waals surface area contributed by atoms with E-state index in [2.05, 4.69) is 22.1 Å². The number of benzene rings is 1. The van der Waals surface area contributed by atoms with Crippen LogP contribution in [0.4, 0.5) is 5.69 Å². The maximum atomic E-state index is 5.80. The van der Waals surface area contributed by atoms with Crippen molar-refractivity contribution < 1.29 is 18.6 Å². The molecule has 0 saturated carbocycles. The number of nitrogens with one attached hydrogen (secondary N) is 2. The predicted octanol–water partition coefficient (Wildman–Crippen LogP) is 5.29. The van der Waals surface area contributed by atoms with Crippen LogP contribution in [0.25, 0.3) is 0 Å². The predicted molar refractivity (Wildman–Crippen MR) is 138 cm³/mol. The fraction of sp³-hybridized carbons (Fsp3) is 0.348. The molecule has 32 heavy (non-hydrogen) atoms. The van der Waals surface area contributed by atoms with E-state index in [4.69, 9.17) is 23.6 Å². The van der Waals surface area contributed by atoms with Crippen LogP contribution in [0.1, 0.15) is 23.5 Å². The topological polar surface area (TPSA) is 77.2 Å². The van der Waals surface area contributed by atoms with E-state index in [1.165, 1.54) is 4.88 Å². The largest absolute Gasteiger partial charge is 0.490 e. The Hall–Kier alpha value is -2.24. The lowest BCUT2D eigenvalue weighted by molar-refractivity contribution is 0.105. The summed E-state index contributed by atoms with van der Waals surface area (Å²) in [6.45, 7) is 3.81. The van der Waals surface area contributed by atoms with Crippen molar-refractivity contribution in [3.05, 3.63) is 64.7 Å². The second-order valence-corrected chi connectivity index (χ2v) is 8.03. The molecule has 0 aliphatic carbocycles. The molecule has 0 saturated heterocycles. The molecule has 1 aliphatic heterocycles. The lowest BCUT2D eigenvalue weighted by Crippen LogP contribution is -2.32. The van der Waals surface area contributed by atoms with Gasteiger partial charge in [-0.15, -0.1) is 35.3 Å². The van der Waals surface area contributed by atoms with Crippen molar-refractivity contribution in [1.82, 2.24) is 5.32 Å². The molecular weight excluding hydrogens is 541 g/mol. The number of ether oxygens (including phenoxy) is 3. The highest BCUT2D eigenvalue weighted by Gasteiger charge is 2.11. The molecule has 7 nitrogen and oxygen atoms in total. The van der Waals surface area contributed by atoms with Crippen molar-refractivity contribution in [1.29, 1.82) is 0 Å². The summed E-state index contributed by atoms with van der Waals surface area (Å²) in [6.07, 6.45) is 3.39. The summed E-state index contributed by atoms with van der Waals surface area (Å²) in [5.74, 6) is 3.09. The van der Waals surface area contributed by atoms with E-state index < -0.39 is 0 Å². The SMILES string of the molecule is I.c1coc(COCCCNC(=NCc2cccs2)Nc2ccc3c(c2)OCCCO3)c1. The van der Waals surface area contributed by atoms with Crippen molar-refractivity contribution >= 4 is 47.0 Å². The molecule has 0 bridgehead atoms. The minimum absolute atomic E-state index is 0. The number of guanidine groups is 1. The van der Waals surface area contributed by atoms with Gasteiger partial charge in [0.2, 0.25) is 0 Å². The van der Waals surface area contributed by atoms with Crippen LogP contribution in [0.3, 0.4) is 0 Å². The Morgan fingerprint density at radius 3 is 2.81 bits per heavy atom. The Kier molecular flexibility index (Phi) is 10.2. The van der Waals surface area contributed by atoms with Crippen LogP contribution in [0.15, 0.2) is 63.5 Å². The summed E-state index contributed by atoms with van der Waals surface area (Å²) in [5, 5.41) is 8.82. The molecule has 0 amide bonds. The standard InChI is InChI=1S/C23H27N3O4S.HI/c1-5-19(28-11-1)17-27-10-3-9-24-23(25-16-20-6-2-14-31-20)26-18-7-8-21-22(15-18)30-13-4-12-29-21;/h1-2,5-8,11,14-15H,3-4,9-10,12-13,16-17H2,(H2,24,25,26);1H. The zero-order chi connectivity index (χ0) is 21.1. The quantitative estimate of drug-likeness (QED) is 0.158. The minimum Gasteiger partial charge on any atom is -0.490 e. The second kappa shape index (κ2) is 13.3. The number of nitrogens with zero attached hydrogens (tertiary/aromatic N) is 1. The fourth-order valence-corrected chi connectivity index (χ4v) is 3.65. The molecule has 9 heteroatoms. The van der Waals surface area contributed by atoms with Gasteiger partial charge in [-0.2, -0.15) is 0 Å². The Morgan fingerprint density at radius 1 is 1.09 bits per heavy atom. The third-order valence-corrected chi connectivity index (χ3v) is 5.43. The van der Waals surface area contributed by atoms with Crippen molar-refractivity contribution in [2.75, 3.05) is 31.7 Å². The summed E-state index contributed by atoms with van der Waals surface area (Å²) in [5.41, 5.74) is 0.899. The van der Waals surface area contributed by atoms with Gasteiger partial charge in [-0.1, -0.05) is 6.07 Å². The van der Waals surface area contributed by atoms with Crippen LogP contribution < -0.4 is 20.1 Å². The summed E-state index contributed by atoms with van der Waals surface area (Å²) in [6, 6.07) is 13.8. The number of halogens is 1. The summed E-state index contributed by atoms with van der Waals surface area (Å²) in [4.78, 5) is 5.94. The van der Waals surface area contributed by atoms with Gasteiger partial charge >= 0.3 is 0 Å². The molecule has 4 rings (SSSR count). The highest BCUT2D eigenvalue weighted by atomic mass is 127. The molecule has 1 aromatic carbocycles. The first-order valence-electron chi connectivity index (χ1n) is 10.4. The molecule has 3 aromatic rings. The highest BCUT2D eigenvalue weighted by Crippen LogP contribution is 2.32. The molecular formula is C23H28IN3O4S. The van der Waals surface area contributed by atoms with E-state index in [9.17, 15) is 0 Å². The van der Waals surface area contributed by atoms with Crippen LogP contribution in [0.5, 0.6) is 11.5 Å². The van der Waals surface area contributed by atoms with E-state index in [1.54, 1.807) is 17.6 Å². The summed E-state index contributed by atoms with van der Waals surface area (Å²) >= 11 is 1.70. The number of hydrogen-bond donors (Lipinski definition) is 2. The monoisotopic (exact) mass is 569 g/mol. The van der Waals surface area contributed by atoms with Gasteiger partial charge in [0.15, 0.2) is 17.5 Å². The Balaban J connectivity index is 0.00000289. The van der Waals surface area contributed by atoms with Crippen molar-refractivity contribution in [2.45, 2.75) is 26.0 Å². The minimum atomic E-state index is 0. The van der Waals surface area contributed by atoms with Crippen molar-refractivity contribution in [3.8, 4) is 11.5 Å².